The lowest BCUT2D eigenvalue weighted by Crippen LogP contribution is -2.12. The number of benzene rings is 2. The standard InChI is InChI=1S/C15H13F2NO3S/c1-22(20)13-8-2-10(3-9-13)14(19)18-11-4-6-12(7-5-11)21-15(16)17/h2-9,15H,1H3,(H,18,19). The van der Waals surface area contributed by atoms with Gasteiger partial charge >= 0.3 is 6.61 Å². The number of rotatable bonds is 5. The number of nitrogens with one attached hydrogen (secondary N) is 1. The van der Waals surface area contributed by atoms with Crippen LogP contribution < -0.4 is 10.1 Å². The maximum Gasteiger partial charge on any atom is 0.387 e. The number of anilines is 1. The molecule has 7 heteroatoms. The highest BCUT2D eigenvalue weighted by Crippen LogP contribution is 2.18. The number of hydrogen-bond donors (Lipinski definition) is 1. The van der Waals surface area contributed by atoms with Crippen LogP contribution in [0.25, 0.3) is 0 Å². The summed E-state index contributed by atoms with van der Waals surface area (Å²) in [6, 6.07) is 12.0. The van der Waals surface area contributed by atoms with Gasteiger partial charge in [0.2, 0.25) is 0 Å². The van der Waals surface area contributed by atoms with Crippen LogP contribution in [0.1, 0.15) is 10.4 Å². The first kappa shape index (κ1) is 16.1. The van der Waals surface area contributed by atoms with Crippen molar-refractivity contribution in [3.63, 3.8) is 0 Å². The number of amides is 1. The van der Waals surface area contributed by atoms with Crippen molar-refractivity contribution < 1.29 is 22.5 Å². The average Bonchev–Trinajstić information content (AvgIpc) is 2.49. The SMILES string of the molecule is CS(=O)c1ccc(C(=O)Nc2ccc(OC(F)F)cc2)cc1. The van der Waals surface area contributed by atoms with Crippen LogP contribution in [-0.4, -0.2) is 23.0 Å². The van der Waals surface area contributed by atoms with Gasteiger partial charge in [0.25, 0.3) is 5.91 Å². The number of hydrogen-bond acceptors (Lipinski definition) is 3. The van der Waals surface area contributed by atoms with Crippen LogP contribution in [0.4, 0.5) is 14.5 Å². The fourth-order valence-electron chi connectivity index (χ4n) is 1.72. The van der Waals surface area contributed by atoms with Crippen LogP contribution in [-0.2, 0) is 10.8 Å². The third-order valence-electron chi connectivity index (χ3n) is 2.79. The highest BCUT2D eigenvalue weighted by atomic mass is 32.2. The number of alkyl halides is 2. The predicted octanol–water partition coefficient (Wildman–Crippen LogP) is 3.28. The first-order valence-electron chi connectivity index (χ1n) is 6.25. The van der Waals surface area contributed by atoms with E-state index in [0.717, 1.165) is 0 Å². The highest BCUT2D eigenvalue weighted by Gasteiger charge is 2.08. The minimum absolute atomic E-state index is 0.0165. The van der Waals surface area contributed by atoms with E-state index in [1.54, 1.807) is 30.5 Å². The molecule has 0 aliphatic carbocycles. The molecule has 2 aromatic carbocycles. The maximum absolute atomic E-state index is 12.0. The molecule has 2 rings (SSSR count). The smallest absolute Gasteiger partial charge is 0.387 e. The largest absolute Gasteiger partial charge is 0.435 e. The third-order valence-corrected chi connectivity index (χ3v) is 3.72. The van der Waals surface area contributed by atoms with Crippen LogP contribution in [0, 0.1) is 0 Å². The molecule has 4 nitrogen and oxygen atoms in total. The molecule has 1 atom stereocenters. The lowest BCUT2D eigenvalue weighted by molar-refractivity contribution is -0.0498. The Bertz CT molecular complexity index is 672. The topological polar surface area (TPSA) is 55.4 Å². The zero-order valence-corrected chi connectivity index (χ0v) is 12.4. The molecule has 0 heterocycles. The first-order chi connectivity index (χ1) is 10.5. The summed E-state index contributed by atoms with van der Waals surface area (Å²) < 4.78 is 39.5. The van der Waals surface area contributed by atoms with Gasteiger partial charge in [-0.1, -0.05) is 0 Å². The van der Waals surface area contributed by atoms with Crippen molar-refractivity contribution >= 4 is 22.4 Å². The van der Waals surface area contributed by atoms with Crippen LogP contribution in [0.5, 0.6) is 5.75 Å². The Morgan fingerprint density at radius 3 is 2.18 bits per heavy atom. The summed E-state index contributed by atoms with van der Waals surface area (Å²) in [6.07, 6.45) is 1.55. The van der Waals surface area contributed by atoms with Gasteiger partial charge in [0.1, 0.15) is 5.75 Å². The normalized spacial score (nSPS) is 12.0. The molecular formula is C15H13F2NO3S. The third kappa shape index (κ3) is 4.36. The summed E-state index contributed by atoms with van der Waals surface area (Å²) in [4.78, 5) is 12.6. The van der Waals surface area contributed by atoms with Crippen LogP contribution in [0.15, 0.2) is 53.4 Å². The summed E-state index contributed by atoms with van der Waals surface area (Å²) in [6.45, 7) is -2.89. The lowest BCUT2D eigenvalue weighted by atomic mass is 10.2. The van der Waals surface area contributed by atoms with Crippen molar-refractivity contribution in [1.82, 2.24) is 0 Å². The fraction of sp³-hybridized carbons (Fsp3) is 0.133. The Kier molecular flexibility index (Phi) is 5.21. The molecule has 0 saturated carbocycles. The first-order valence-corrected chi connectivity index (χ1v) is 7.81. The molecule has 0 bridgehead atoms. The van der Waals surface area contributed by atoms with Crippen molar-refractivity contribution in [3.05, 3.63) is 54.1 Å². The van der Waals surface area contributed by atoms with E-state index in [-0.39, 0.29) is 11.7 Å². The summed E-state index contributed by atoms with van der Waals surface area (Å²) in [5.41, 5.74) is 0.858. The quantitative estimate of drug-likeness (QED) is 0.918. The van der Waals surface area contributed by atoms with Gasteiger partial charge in [0.05, 0.1) is 0 Å². The molecule has 0 aliphatic heterocycles. The van der Waals surface area contributed by atoms with Crippen LogP contribution in [0.2, 0.25) is 0 Å². The molecule has 0 aliphatic rings. The van der Waals surface area contributed by atoms with E-state index in [1.807, 2.05) is 0 Å². The van der Waals surface area contributed by atoms with Crippen molar-refractivity contribution in [2.75, 3.05) is 11.6 Å². The van der Waals surface area contributed by atoms with Gasteiger partial charge in [-0.05, 0) is 48.5 Å². The molecule has 0 saturated heterocycles. The summed E-state index contributed by atoms with van der Waals surface area (Å²) in [7, 11) is -1.10. The fourth-order valence-corrected chi connectivity index (χ4v) is 2.24. The van der Waals surface area contributed by atoms with Crippen LogP contribution >= 0.6 is 0 Å². The van der Waals surface area contributed by atoms with Crippen LogP contribution in [0.3, 0.4) is 0 Å². The second kappa shape index (κ2) is 7.13. The second-order valence-corrected chi connectivity index (χ2v) is 5.72. The molecule has 22 heavy (non-hydrogen) atoms. The summed E-state index contributed by atoms with van der Waals surface area (Å²) in [5.74, 6) is -0.334. The Hall–Kier alpha value is -2.28. The minimum atomic E-state index is -2.89. The Labute approximate surface area is 128 Å². The summed E-state index contributed by atoms with van der Waals surface area (Å²) >= 11 is 0. The van der Waals surface area contributed by atoms with Crippen molar-refractivity contribution in [1.29, 1.82) is 0 Å². The van der Waals surface area contributed by atoms with Gasteiger partial charge in [-0.3, -0.25) is 9.00 Å². The zero-order valence-electron chi connectivity index (χ0n) is 11.6. The van der Waals surface area contributed by atoms with Gasteiger partial charge in [-0.25, -0.2) is 0 Å². The van der Waals surface area contributed by atoms with Gasteiger partial charge in [-0.15, -0.1) is 0 Å². The van der Waals surface area contributed by atoms with E-state index in [1.165, 1.54) is 24.3 Å². The Morgan fingerprint density at radius 1 is 1.09 bits per heavy atom. The monoisotopic (exact) mass is 325 g/mol. The Morgan fingerprint density at radius 2 is 1.68 bits per heavy atom. The highest BCUT2D eigenvalue weighted by molar-refractivity contribution is 7.84. The van der Waals surface area contributed by atoms with Crippen molar-refractivity contribution in [2.45, 2.75) is 11.5 Å². The van der Waals surface area contributed by atoms with E-state index in [0.29, 0.717) is 16.1 Å². The number of carbonyl (C=O) groups is 1. The Balaban J connectivity index is 2.03. The predicted molar refractivity (Wildman–Crippen MR) is 79.8 cm³/mol. The van der Waals surface area contributed by atoms with Crippen molar-refractivity contribution in [2.24, 2.45) is 0 Å². The second-order valence-electron chi connectivity index (χ2n) is 4.34. The zero-order chi connectivity index (χ0) is 16.1. The number of halogens is 2. The lowest BCUT2D eigenvalue weighted by Gasteiger charge is -2.08. The van der Waals surface area contributed by atoms with E-state index >= 15 is 0 Å². The molecule has 2 aromatic rings. The van der Waals surface area contributed by atoms with E-state index < -0.39 is 17.4 Å². The summed E-state index contributed by atoms with van der Waals surface area (Å²) in [5, 5.41) is 2.63. The van der Waals surface area contributed by atoms with Gasteiger partial charge < -0.3 is 10.1 Å². The molecule has 0 fully saturated rings. The van der Waals surface area contributed by atoms with Crippen molar-refractivity contribution in [3.8, 4) is 5.75 Å². The molecule has 0 spiro atoms. The number of carbonyl (C=O) groups excluding carboxylic acids is 1. The van der Waals surface area contributed by atoms with E-state index in [4.69, 9.17) is 0 Å². The molecule has 0 radical (unpaired) electrons. The van der Waals surface area contributed by atoms with Gasteiger partial charge in [0, 0.05) is 33.2 Å². The van der Waals surface area contributed by atoms with Gasteiger partial charge in [0.15, 0.2) is 0 Å². The number of ether oxygens (including phenoxy) is 1. The molecule has 0 aromatic heterocycles. The molecule has 1 unspecified atom stereocenters. The maximum atomic E-state index is 12.0. The van der Waals surface area contributed by atoms with E-state index in [2.05, 4.69) is 10.1 Å². The van der Waals surface area contributed by atoms with E-state index in [9.17, 15) is 17.8 Å². The molecular weight excluding hydrogens is 312 g/mol. The molecule has 116 valence electrons. The molecule has 1 amide bonds. The average molecular weight is 325 g/mol. The minimum Gasteiger partial charge on any atom is -0.435 e. The van der Waals surface area contributed by atoms with Gasteiger partial charge in [-0.2, -0.15) is 8.78 Å². The molecule has 1 N–H and O–H groups in total.